The van der Waals surface area contributed by atoms with Crippen molar-refractivity contribution in [2.75, 3.05) is 44.2 Å². The third-order valence-electron chi connectivity index (χ3n) is 9.57. The largest absolute Gasteiger partial charge is 0.461 e. The number of anilines is 1. The van der Waals surface area contributed by atoms with Gasteiger partial charge in [0.2, 0.25) is 5.91 Å². The van der Waals surface area contributed by atoms with E-state index in [4.69, 9.17) is 14.7 Å². The van der Waals surface area contributed by atoms with Gasteiger partial charge in [0.05, 0.1) is 17.5 Å². The zero-order chi connectivity index (χ0) is 31.5. The highest BCUT2D eigenvalue weighted by atomic mass is 19.3. The summed E-state index contributed by atoms with van der Waals surface area (Å²) in [6, 6.07) is 12.9. The lowest BCUT2D eigenvalue weighted by molar-refractivity contribution is -0.126. The lowest BCUT2D eigenvalue weighted by atomic mass is 9.94. The Balaban J connectivity index is 1.32. The summed E-state index contributed by atoms with van der Waals surface area (Å²) in [7, 11) is 0. The van der Waals surface area contributed by atoms with E-state index in [1.165, 1.54) is 12.1 Å². The second kappa shape index (κ2) is 11.0. The fourth-order valence-corrected chi connectivity index (χ4v) is 7.47. The lowest BCUT2D eigenvalue weighted by Gasteiger charge is -2.40. The van der Waals surface area contributed by atoms with Gasteiger partial charge in [0.25, 0.3) is 5.92 Å². The first-order valence-corrected chi connectivity index (χ1v) is 15.4. The van der Waals surface area contributed by atoms with Crippen LogP contribution in [0.25, 0.3) is 33.1 Å². The fraction of sp³-hybridized carbons (Fsp3) is 0.412. The minimum Gasteiger partial charge on any atom is -0.461 e. The molecule has 5 heterocycles. The zero-order valence-electron chi connectivity index (χ0n) is 25.4. The number of aromatic nitrogens is 3. The third kappa shape index (κ3) is 5.16. The summed E-state index contributed by atoms with van der Waals surface area (Å²) in [5.74, 6) is -3.02. The molecule has 3 aliphatic rings. The molecule has 2 aromatic heterocycles. The number of alkyl halides is 2. The Labute approximate surface area is 259 Å². The number of carbonyl (C=O) groups is 1. The van der Waals surface area contributed by atoms with Crippen LogP contribution in [0.4, 0.5) is 19.0 Å². The normalized spacial score (nSPS) is 23.1. The molecule has 0 unspecified atom stereocenters. The van der Waals surface area contributed by atoms with E-state index < -0.39 is 17.3 Å². The second-order valence-corrected chi connectivity index (χ2v) is 12.6. The zero-order valence-corrected chi connectivity index (χ0v) is 25.4. The van der Waals surface area contributed by atoms with E-state index >= 15 is 4.39 Å². The monoisotopic (exact) mass is 616 g/mol. The van der Waals surface area contributed by atoms with E-state index in [0.29, 0.717) is 49.4 Å². The van der Waals surface area contributed by atoms with Gasteiger partial charge in [-0.1, -0.05) is 43.0 Å². The van der Waals surface area contributed by atoms with Gasteiger partial charge in [-0.25, -0.2) is 18.2 Å². The van der Waals surface area contributed by atoms with Gasteiger partial charge in [0, 0.05) is 37.7 Å². The van der Waals surface area contributed by atoms with Crippen molar-refractivity contribution in [1.29, 1.82) is 0 Å². The Morgan fingerprint density at radius 1 is 1.13 bits per heavy atom. The maximum Gasteiger partial charge on any atom is 0.320 e. The standard InChI is InChI=1S/C34H35F3N6O2/c1-4-27(44)41-14-15-43(22(3)17-41)31-25-16-26(35)29(24-11-6-10-23-9-5-8-21(2)28(23)24)38-30(25)39-32(40-31)45-20-33-12-7-13-42(33)19-34(36,37)18-33/h4-6,8-11,16,22H,1,7,12-15,17-20H2,2-3H3/t22-,33+/m1/s1. The highest BCUT2D eigenvalue weighted by Crippen LogP contribution is 2.46. The van der Waals surface area contributed by atoms with E-state index in [2.05, 4.69) is 11.6 Å². The average Bonchev–Trinajstić information content (AvgIpc) is 3.51. The van der Waals surface area contributed by atoms with Crippen molar-refractivity contribution in [1.82, 2.24) is 24.8 Å². The molecule has 234 valence electrons. The van der Waals surface area contributed by atoms with Crippen LogP contribution in [0.3, 0.4) is 0 Å². The number of hydrogen-bond acceptors (Lipinski definition) is 7. The van der Waals surface area contributed by atoms with Gasteiger partial charge in [-0.05, 0) is 61.7 Å². The van der Waals surface area contributed by atoms with Crippen LogP contribution in [0.5, 0.6) is 6.01 Å². The van der Waals surface area contributed by atoms with Crippen LogP contribution in [0.1, 0.15) is 31.7 Å². The Morgan fingerprint density at radius 3 is 2.71 bits per heavy atom. The first kappa shape index (κ1) is 29.5. The first-order valence-electron chi connectivity index (χ1n) is 15.4. The van der Waals surface area contributed by atoms with Crippen molar-refractivity contribution >= 4 is 33.5 Å². The van der Waals surface area contributed by atoms with E-state index in [1.54, 1.807) is 4.90 Å². The maximum atomic E-state index is 16.1. The molecule has 1 amide bonds. The number of rotatable bonds is 6. The average molecular weight is 617 g/mol. The molecule has 0 N–H and O–H groups in total. The van der Waals surface area contributed by atoms with Crippen LogP contribution in [0, 0.1) is 12.7 Å². The number of amides is 1. The summed E-state index contributed by atoms with van der Waals surface area (Å²) in [5, 5.41) is 2.27. The molecule has 7 rings (SSSR count). The summed E-state index contributed by atoms with van der Waals surface area (Å²) < 4.78 is 51.2. The Hall–Kier alpha value is -4.25. The molecule has 0 spiro atoms. The van der Waals surface area contributed by atoms with Crippen molar-refractivity contribution < 1.29 is 22.7 Å². The van der Waals surface area contributed by atoms with Gasteiger partial charge in [-0.2, -0.15) is 9.97 Å². The third-order valence-corrected chi connectivity index (χ3v) is 9.57. The number of fused-ring (bicyclic) bond motifs is 3. The molecule has 11 heteroatoms. The molecule has 4 aromatic rings. The van der Waals surface area contributed by atoms with Crippen molar-refractivity contribution in [3.8, 4) is 17.3 Å². The molecule has 0 bridgehead atoms. The second-order valence-electron chi connectivity index (χ2n) is 12.6. The van der Waals surface area contributed by atoms with Crippen molar-refractivity contribution in [2.45, 2.75) is 50.6 Å². The highest BCUT2D eigenvalue weighted by molar-refractivity contribution is 5.99. The van der Waals surface area contributed by atoms with Crippen LogP contribution in [0.15, 0.2) is 55.1 Å². The van der Waals surface area contributed by atoms with Crippen LogP contribution < -0.4 is 9.64 Å². The molecule has 0 aliphatic carbocycles. The van der Waals surface area contributed by atoms with Gasteiger partial charge < -0.3 is 14.5 Å². The molecule has 8 nitrogen and oxygen atoms in total. The minimum absolute atomic E-state index is 0.00453. The van der Waals surface area contributed by atoms with E-state index in [-0.39, 0.29) is 48.9 Å². The number of halogens is 3. The van der Waals surface area contributed by atoms with E-state index in [0.717, 1.165) is 22.8 Å². The molecule has 3 aliphatic heterocycles. The number of piperazine rings is 1. The molecule has 3 saturated heterocycles. The highest BCUT2D eigenvalue weighted by Gasteiger charge is 2.57. The quantitative estimate of drug-likeness (QED) is 0.255. The molecular weight excluding hydrogens is 581 g/mol. The van der Waals surface area contributed by atoms with Crippen molar-refractivity contribution in [3.63, 3.8) is 0 Å². The molecule has 0 saturated carbocycles. The smallest absolute Gasteiger partial charge is 0.320 e. The number of nitrogens with zero attached hydrogens (tertiary/aromatic N) is 6. The number of ether oxygens (including phenoxy) is 1. The summed E-state index contributed by atoms with van der Waals surface area (Å²) >= 11 is 0. The molecule has 0 radical (unpaired) electrons. The van der Waals surface area contributed by atoms with Gasteiger partial charge in [0.1, 0.15) is 23.9 Å². The predicted molar refractivity (Wildman–Crippen MR) is 167 cm³/mol. The van der Waals surface area contributed by atoms with Gasteiger partial charge in [-0.15, -0.1) is 0 Å². The number of aryl methyl sites for hydroxylation is 1. The van der Waals surface area contributed by atoms with Crippen molar-refractivity contribution in [3.05, 3.63) is 66.5 Å². The lowest BCUT2D eigenvalue weighted by Crippen LogP contribution is -2.53. The topological polar surface area (TPSA) is 74.7 Å². The number of benzene rings is 2. The summed E-state index contributed by atoms with van der Waals surface area (Å²) in [6.07, 6.45) is 2.45. The number of pyridine rings is 1. The van der Waals surface area contributed by atoms with Gasteiger partial charge in [0.15, 0.2) is 5.65 Å². The Morgan fingerprint density at radius 2 is 1.93 bits per heavy atom. The molecule has 2 aromatic carbocycles. The van der Waals surface area contributed by atoms with Crippen molar-refractivity contribution in [2.24, 2.45) is 0 Å². The van der Waals surface area contributed by atoms with Crippen LogP contribution in [0.2, 0.25) is 0 Å². The molecule has 2 atom stereocenters. The minimum atomic E-state index is -2.78. The molecular formula is C34H35F3N6O2. The summed E-state index contributed by atoms with van der Waals surface area (Å²) in [4.78, 5) is 32.0. The Kier molecular flexibility index (Phi) is 7.18. The van der Waals surface area contributed by atoms with Crippen LogP contribution >= 0.6 is 0 Å². The molecule has 3 fully saturated rings. The van der Waals surface area contributed by atoms with Crippen LogP contribution in [-0.4, -0.2) is 87.5 Å². The maximum absolute atomic E-state index is 16.1. The SMILES string of the molecule is C=CC(=O)N1CCN(c2nc(OC[C@@]34CCCN3CC(F)(F)C4)nc3nc(-c4cccc5cccc(C)c45)c(F)cc23)[C@H](C)C1. The predicted octanol–water partition coefficient (Wildman–Crippen LogP) is 5.77. The van der Waals surface area contributed by atoms with Gasteiger partial charge in [-0.3, -0.25) is 9.69 Å². The summed E-state index contributed by atoms with van der Waals surface area (Å²) in [6.45, 7) is 9.16. The molecule has 45 heavy (non-hydrogen) atoms. The first-order chi connectivity index (χ1) is 21.6. The number of hydrogen-bond donors (Lipinski definition) is 0. The van der Waals surface area contributed by atoms with Gasteiger partial charge >= 0.3 is 6.01 Å². The Bertz CT molecular complexity index is 1830. The van der Waals surface area contributed by atoms with E-state index in [9.17, 15) is 13.6 Å². The number of carbonyl (C=O) groups excluding carboxylic acids is 1. The van der Waals surface area contributed by atoms with E-state index in [1.807, 2.05) is 60.0 Å². The fourth-order valence-electron chi connectivity index (χ4n) is 7.47. The summed E-state index contributed by atoms with van der Waals surface area (Å²) in [5.41, 5.74) is 1.25. The van der Waals surface area contributed by atoms with Crippen LogP contribution in [-0.2, 0) is 4.79 Å².